The first-order valence-corrected chi connectivity index (χ1v) is 13.7. The lowest BCUT2D eigenvalue weighted by Crippen LogP contribution is -2.36. The molecule has 2 N–H and O–H groups in total. The third kappa shape index (κ3) is 4.90. The molecule has 0 unspecified atom stereocenters. The van der Waals surface area contributed by atoms with Crippen molar-refractivity contribution in [1.82, 2.24) is 14.9 Å². The fourth-order valence-electron chi connectivity index (χ4n) is 5.69. The molecule has 1 aliphatic heterocycles. The van der Waals surface area contributed by atoms with Crippen molar-refractivity contribution in [2.24, 2.45) is 0 Å². The highest BCUT2D eigenvalue weighted by Crippen LogP contribution is 2.52. The molecule has 7 heteroatoms. The zero-order chi connectivity index (χ0) is 27.1. The summed E-state index contributed by atoms with van der Waals surface area (Å²) in [6.45, 7) is 2.54. The van der Waals surface area contributed by atoms with Crippen LogP contribution in [0.5, 0.6) is 0 Å². The van der Waals surface area contributed by atoms with Gasteiger partial charge in [0.1, 0.15) is 5.82 Å². The number of rotatable bonds is 5. The number of aromatic nitrogens is 2. The summed E-state index contributed by atoms with van der Waals surface area (Å²) in [6, 6.07) is 23.3. The molecule has 1 atom stereocenters. The Hall–Kier alpha value is -3.74. The molecule has 4 aromatic rings. The van der Waals surface area contributed by atoms with Crippen molar-refractivity contribution in [1.29, 1.82) is 0 Å². The number of aromatic amines is 1. The van der Waals surface area contributed by atoms with Gasteiger partial charge in [0, 0.05) is 11.6 Å². The van der Waals surface area contributed by atoms with Crippen LogP contribution in [0.3, 0.4) is 0 Å². The first-order valence-electron chi connectivity index (χ1n) is 13.4. The van der Waals surface area contributed by atoms with E-state index in [1.165, 1.54) is 0 Å². The van der Waals surface area contributed by atoms with E-state index in [0.717, 1.165) is 40.8 Å². The van der Waals surface area contributed by atoms with Gasteiger partial charge in [-0.3, -0.25) is 9.59 Å². The number of hydrogen-bond donors (Lipinski definition) is 2. The van der Waals surface area contributed by atoms with Gasteiger partial charge in [-0.15, -0.1) is 0 Å². The Kier molecular flexibility index (Phi) is 6.61. The molecule has 6 rings (SSSR count). The molecule has 6 nitrogen and oxygen atoms in total. The molecule has 0 radical (unpaired) electrons. The number of hydrogen-bond acceptors (Lipinski definition) is 4. The van der Waals surface area contributed by atoms with E-state index in [0.29, 0.717) is 41.4 Å². The van der Waals surface area contributed by atoms with E-state index in [-0.39, 0.29) is 17.5 Å². The smallest absolute Gasteiger partial charge is 0.256 e. The third-order valence-electron chi connectivity index (χ3n) is 7.94. The lowest BCUT2D eigenvalue weighted by atomic mass is 9.94. The van der Waals surface area contributed by atoms with Crippen molar-refractivity contribution in [2.45, 2.75) is 50.7 Å². The van der Waals surface area contributed by atoms with Gasteiger partial charge < -0.3 is 15.0 Å². The van der Waals surface area contributed by atoms with Crippen molar-refractivity contribution in [2.75, 3.05) is 6.54 Å². The molecule has 198 valence electrons. The topological polar surface area (TPSA) is 86.3 Å². The van der Waals surface area contributed by atoms with Crippen LogP contribution < -0.4 is 5.56 Å². The average molecular weight is 540 g/mol. The summed E-state index contributed by atoms with van der Waals surface area (Å²) in [5, 5.41) is 11.7. The van der Waals surface area contributed by atoms with Crippen LogP contribution in [0.1, 0.15) is 59.1 Å². The Morgan fingerprint density at radius 3 is 2.59 bits per heavy atom. The Bertz CT molecular complexity index is 1590. The third-order valence-corrected chi connectivity index (χ3v) is 8.16. The highest BCUT2D eigenvalue weighted by atomic mass is 35.5. The summed E-state index contributed by atoms with van der Waals surface area (Å²) in [6.07, 6.45) is 1.83. The van der Waals surface area contributed by atoms with E-state index in [1.54, 1.807) is 11.0 Å². The molecular formula is C32H30ClN3O3. The van der Waals surface area contributed by atoms with Gasteiger partial charge in [0.05, 0.1) is 23.2 Å². The van der Waals surface area contributed by atoms with E-state index in [1.807, 2.05) is 61.5 Å². The number of aliphatic hydroxyl groups excluding tert-OH is 1. The van der Waals surface area contributed by atoms with Crippen LogP contribution in [-0.4, -0.2) is 32.4 Å². The van der Waals surface area contributed by atoms with Crippen LogP contribution in [-0.2, 0) is 23.2 Å². The number of amides is 1. The zero-order valence-electron chi connectivity index (χ0n) is 21.8. The number of carbonyl (C=O) groups is 1. The van der Waals surface area contributed by atoms with Gasteiger partial charge in [-0.1, -0.05) is 66.2 Å². The quantitative estimate of drug-likeness (QED) is 0.351. The van der Waals surface area contributed by atoms with E-state index in [4.69, 9.17) is 16.6 Å². The molecule has 1 fully saturated rings. The Balaban J connectivity index is 1.25. The van der Waals surface area contributed by atoms with E-state index < -0.39 is 12.0 Å². The van der Waals surface area contributed by atoms with Crippen molar-refractivity contribution in [3.8, 4) is 11.1 Å². The van der Waals surface area contributed by atoms with Crippen LogP contribution in [0.15, 0.2) is 77.6 Å². The number of H-pyrrole nitrogens is 1. The van der Waals surface area contributed by atoms with Crippen LogP contribution in [0, 0.1) is 6.92 Å². The van der Waals surface area contributed by atoms with Crippen LogP contribution in [0.25, 0.3) is 11.1 Å². The highest BCUT2D eigenvalue weighted by Gasteiger charge is 2.48. The summed E-state index contributed by atoms with van der Waals surface area (Å²) < 4.78 is 0. The minimum atomic E-state index is -1.34. The van der Waals surface area contributed by atoms with Gasteiger partial charge in [-0.2, -0.15) is 0 Å². The summed E-state index contributed by atoms with van der Waals surface area (Å²) in [5.74, 6) is 0.291. The average Bonchev–Trinajstić information content (AvgIpc) is 3.77. The molecule has 1 aliphatic carbocycles. The molecule has 39 heavy (non-hydrogen) atoms. The fourth-order valence-corrected chi connectivity index (χ4v) is 5.98. The summed E-state index contributed by atoms with van der Waals surface area (Å²) in [5.41, 5.74) is 5.29. The van der Waals surface area contributed by atoms with Gasteiger partial charge in [0.15, 0.2) is 6.10 Å². The fraction of sp³-hybridized carbons (Fsp3) is 0.281. The molecule has 1 amide bonds. The SMILES string of the molecule is Cc1cc(Cl)cc(-c2cccc([C@@H](O)C(=O)N3CCCc4nc(C5(c6ccccc6)CC5)[nH]c(=O)c4C3)c2)c1. The Morgan fingerprint density at radius 1 is 1.05 bits per heavy atom. The van der Waals surface area contributed by atoms with Crippen LogP contribution >= 0.6 is 11.6 Å². The first kappa shape index (κ1) is 25.5. The minimum absolute atomic E-state index is 0.124. The lowest BCUT2D eigenvalue weighted by Gasteiger charge is -2.24. The summed E-state index contributed by atoms with van der Waals surface area (Å²) in [4.78, 5) is 36.3. The van der Waals surface area contributed by atoms with Crippen LogP contribution in [0.4, 0.5) is 0 Å². The number of aliphatic hydroxyl groups is 1. The molecular weight excluding hydrogens is 510 g/mol. The predicted octanol–water partition coefficient (Wildman–Crippen LogP) is 5.49. The first-order chi connectivity index (χ1) is 18.8. The number of benzene rings is 3. The van der Waals surface area contributed by atoms with E-state index in [2.05, 4.69) is 17.1 Å². The summed E-state index contributed by atoms with van der Waals surface area (Å²) >= 11 is 6.25. The number of carbonyl (C=O) groups excluding carboxylic acids is 1. The molecule has 1 saturated carbocycles. The van der Waals surface area contributed by atoms with Gasteiger partial charge in [0.2, 0.25) is 0 Å². The van der Waals surface area contributed by atoms with E-state index >= 15 is 0 Å². The maximum atomic E-state index is 13.5. The lowest BCUT2D eigenvalue weighted by molar-refractivity contribution is -0.141. The minimum Gasteiger partial charge on any atom is -0.378 e. The van der Waals surface area contributed by atoms with Gasteiger partial charge in [-0.05, 0) is 78.6 Å². The Labute approximate surface area is 232 Å². The monoisotopic (exact) mass is 539 g/mol. The largest absolute Gasteiger partial charge is 0.378 e. The number of halogens is 1. The standard InChI is InChI=1S/C32H30ClN3O3/c1-20-15-23(18-25(33)16-20)21-7-5-8-22(17-21)28(37)30(39)36-14-6-11-27-26(19-36)29(38)35-31(34-27)32(12-13-32)24-9-3-2-4-10-24/h2-5,7-10,15-18,28,37H,6,11-14,19H2,1H3,(H,34,35,38)/t28-/m1/s1. The maximum Gasteiger partial charge on any atom is 0.256 e. The van der Waals surface area contributed by atoms with Gasteiger partial charge >= 0.3 is 0 Å². The predicted molar refractivity (Wildman–Crippen MR) is 152 cm³/mol. The van der Waals surface area contributed by atoms with Crippen molar-refractivity contribution in [3.63, 3.8) is 0 Å². The Morgan fingerprint density at radius 2 is 1.85 bits per heavy atom. The van der Waals surface area contributed by atoms with Crippen molar-refractivity contribution >= 4 is 17.5 Å². The normalized spacial score (nSPS) is 16.7. The number of aryl methyl sites for hydroxylation is 2. The van der Waals surface area contributed by atoms with Crippen molar-refractivity contribution in [3.05, 3.63) is 122 Å². The highest BCUT2D eigenvalue weighted by molar-refractivity contribution is 6.31. The molecule has 0 spiro atoms. The molecule has 0 saturated heterocycles. The second-order valence-electron chi connectivity index (χ2n) is 10.7. The maximum absolute atomic E-state index is 13.5. The second-order valence-corrected chi connectivity index (χ2v) is 11.1. The van der Waals surface area contributed by atoms with E-state index in [9.17, 15) is 14.7 Å². The van der Waals surface area contributed by atoms with Crippen LogP contribution in [0.2, 0.25) is 5.02 Å². The zero-order valence-corrected chi connectivity index (χ0v) is 22.5. The molecule has 3 aromatic carbocycles. The molecule has 2 heterocycles. The second kappa shape index (κ2) is 10.1. The van der Waals surface area contributed by atoms with Gasteiger partial charge in [-0.25, -0.2) is 4.98 Å². The number of fused-ring (bicyclic) bond motifs is 1. The molecule has 1 aromatic heterocycles. The summed E-state index contributed by atoms with van der Waals surface area (Å²) in [7, 11) is 0. The van der Waals surface area contributed by atoms with Crippen molar-refractivity contribution < 1.29 is 9.90 Å². The number of nitrogens with one attached hydrogen (secondary N) is 1. The van der Waals surface area contributed by atoms with Gasteiger partial charge in [0.25, 0.3) is 11.5 Å². The molecule has 2 aliphatic rings. The molecule has 0 bridgehead atoms. The number of nitrogens with zero attached hydrogens (tertiary/aromatic N) is 2.